The van der Waals surface area contributed by atoms with E-state index in [1.165, 1.54) is 6.07 Å². The Morgan fingerprint density at radius 1 is 1.16 bits per heavy atom. The van der Waals surface area contributed by atoms with E-state index in [1.54, 1.807) is 49.4 Å². The van der Waals surface area contributed by atoms with Gasteiger partial charge < -0.3 is 9.47 Å². The van der Waals surface area contributed by atoms with Crippen LogP contribution in [0.1, 0.15) is 28.4 Å². The highest BCUT2D eigenvalue weighted by atomic mass is 35.5. The van der Waals surface area contributed by atoms with Crippen molar-refractivity contribution in [3.05, 3.63) is 81.9 Å². The van der Waals surface area contributed by atoms with Crippen LogP contribution in [0.2, 0.25) is 5.02 Å². The van der Waals surface area contributed by atoms with Crippen LogP contribution in [0, 0.1) is 6.92 Å². The molecule has 0 aromatic heterocycles. The fourth-order valence-electron chi connectivity index (χ4n) is 3.75. The standard InChI is InChI=1S/C22H18ClF2NO4S/c1-12-7-18-20(19(8-12)30-22(24)25)16-6-5-13(11-31(26,27)28)9-17(16)21(29-18)14-3-2-4-15(23)10-14/h2-10,21-22H,11H2,1H3,(H2,26,27,28). The number of hydrogen-bond acceptors (Lipinski definition) is 4. The molecule has 3 aromatic carbocycles. The molecule has 0 bridgehead atoms. The van der Waals surface area contributed by atoms with Crippen molar-refractivity contribution in [2.45, 2.75) is 25.4 Å². The highest BCUT2D eigenvalue weighted by Crippen LogP contribution is 2.50. The molecule has 2 N–H and O–H groups in total. The van der Waals surface area contributed by atoms with Gasteiger partial charge in [0.2, 0.25) is 10.0 Å². The van der Waals surface area contributed by atoms with Crippen molar-refractivity contribution in [3.8, 4) is 22.6 Å². The van der Waals surface area contributed by atoms with Crippen LogP contribution in [0.5, 0.6) is 11.5 Å². The third-order valence-electron chi connectivity index (χ3n) is 4.86. The molecular formula is C22H18ClF2NO4S. The van der Waals surface area contributed by atoms with E-state index < -0.39 is 22.7 Å². The zero-order chi connectivity index (χ0) is 22.3. The summed E-state index contributed by atoms with van der Waals surface area (Å²) in [7, 11) is -3.77. The molecule has 0 aliphatic carbocycles. The average Bonchev–Trinajstić information content (AvgIpc) is 2.65. The van der Waals surface area contributed by atoms with Crippen molar-refractivity contribution >= 4 is 21.6 Å². The first-order valence-electron chi connectivity index (χ1n) is 9.26. The van der Waals surface area contributed by atoms with Gasteiger partial charge in [-0.05, 0) is 53.4 Å². The lowest BCUT2D eigenvalue weighted by molar-refractivity contribution is -0.0496. The van der Waals surface area contributed by atoms with Crippen LogP contribution < -0.4 is 14.6 Å². The van der Waals surface area contributed by atoms with Crippen LogP contribution in [0.25, 0.3) is 11.1 Å². The third kappa shape index (κ3) is 4.66. The van der Waals surface area contributed by atoms with Gasteiger partial charge in [0, 0.05) is 10.6 Å². The van der Waals surface area contributed by atoms with E-state index in [-0.39, 0.29) is 11.5 Å². The predicted molar refractivity (Wildman–Crippen MR) is 114 cm³/mol. The summed E-state index contributed by atoms with van der Waals surface area (Å²) in [4.78, 5) is 0. The van der Waals surface area contributed by atoms with Crippen molar-refractivity contribution in [3.63, 3.8) is 0 Å². The summed E-state index contributed by atoms with van der Waals surface area (Å²) in [6.07, 6.45) is -0.636. The molecule has 0 spiro atoms. The maximum Gasteiger partial charge on any atom is 0.387 e. The predicted octanol–water partition coefficient (Wildman–Crippen LogP) is 5.19. The summed E-state index contributed by atoms with van der Waals surface area (Å²) in [5, 5.41) is 5.70. The van der Waals surface area contributed by atoms with Gasteiger partial charge >= 0.3 is 6.61 Å². The van der Waals surface area contributed by atoms with Gasteiger partial charge in [-0.15, -0.1) is 0 Å². The normalized spacial score (nSPS) is 15.2. The summed E-state index contributed by atoms with van der Waals surface area (Å²) in [5.74, 6) is -0.00809. The van der Waals surface area contributed by atoms with Gasteiger partial charge in [-0.1, -0.05) is 41.9 Å². The van der Waals surface area contributed by atoms with E-state index in [0.29, 0.717) is 38.6 Å². The van der Waals surface area contributed by atoms with Gasteiger partial charge in [-0.3, -0.25) is 0 Å². The molecule has 9 heteroatoms. The molecule has 31 heavy (non-hydrogen) atoms. The number of ether oxygens (including phenoxy) is 2. The van der Waals surface area contributed by atoms with E-state index >= 15 is 0 Å². The molecule has 162 valence electrons. The number of primary sulfonamides is 1. The van der Waals surface area contributed by atoms with Crippen LogP contribution in [0.3, 0.4) is 0 Å². The minimum Gasteiger partial charge on any atom is -0.480 e. The number of aryl methyl sites for hydroxylation is 1. The van der Waals surface area contributed by atoms with Gasteiger partial charge in [0.15, 0.2) is 0 Å². The molecule has 1 unspecified atom stereocenters. The van der Waals surface area contributed by atoms with E-state index in [2.05, 4.69) is 0 Å². The molecular weight excluding hydrogens is 448 g/mol. The van der Waals surface area contributed by atoms with Crippen molar-refractivity contribution in [1.29, 1.82) is 0 Å². The average molecular weight is 466 g/mol. The molecule has 4 rings (SSSR count). The Morgan fingerprint density at radius 3 is 2.61 bits per heavy atom. The van der Waals surface area contributed by atoms with E-state index in [0.717, 1.165) is 5.56 Å². The first kappa shape index (κ1) is 21.5. The van der Waals surface area contributed by atoms with Gasteiger partial charge in [-0.25, -0.2) is 13.6 Å². The first-order chi connectivity index (χ1) is 14.6. The molecule has 1 atom stereocenters. The van der Waals surface area contributed by atoms with Crippen molar-refractivity contribution < 1.29 is 26.7 Å². The van der Waals surface area contributed by atoms with Crippen molar-refractivity contribution in [2.75, 3.05) is 0 Å². The van der Waals surface area contributed by atoms with Gasteiger partial charge in [0.1, 0.15) is 17.6 Å². The minimum absolute atomic E-state index is 0.0185. The summed E-state index contributed by atoms with van der Waals surface area (Å²) in [6, 6.07) is 15.2. The van der Waals surface area contributed by atoms with Gasteiger partial charge in [0.25, 0.3) is 0 Å². The Morgan fingerprint density at radius 2 is 1.94 bits per heavy atom. The first-order valence-corrected chi connectivity index (χ1v) is 11.4. The molecule has 0 amide bonds. The zero-order valence-electron chi connectivity index (χ0n) is 16.3. The Hall–Kier alpha value is -2.68. The lowest BCUT2D eigenvalue weighted by atomic mass is 9.87. The highest BCUT2D eigenvalue weighted by molar-refractivity contribution is 7.88. The van der Waals surface area contributed by atoms with Crippen LogP contribution in [-0.2, 0) is 15.8 Å². The monoisotopic (exact) mass is 465 g/mol. The third-order valence-corrected chi connectivity index (χ3v) is 5.83. The minimum atomic E-state index is -3.77. The topological polar surface area (TPSA) is 78.6 Å². The van der Waals surface area contributed by atoms with Crippen LogP contribution >= 0.6 is 11.6 Å². The molecule has 1 heterocycles. The molecule has 0 fully saturated rings. The molecule has 0 radical (unpaired) electrons. The summed E-state index contributed by atoms with van der Waals surface area (Å²) < 4.78 is 60.3. The number of sulfonamides is 1. The smallest absolute Gasteiger partial charge is 0.387 e. The van der Waals surface area contributed by atoms with E-state index in [9.17, 15) is 17.2 Å². The molecule has 5 nitrogen and oxygen atoms in total. The summed E-state index contributed by atoms with van der Waals surface area (Å²) in [5.41, 5.74) is 3.43. The lowest BCUT2D eigenvalue weighted by Crippen LogP contribution is -2.18. The van der Waals surface area contributed by atoms with Crippen molar-refractivity contribution in [1.82, 2.24) is 0 Å². The molecule has 1 aliphatic heterocycles. The van der Waals surface area contributed by atoms with Gasteiger partial charge in [0.05, 0.1) is 11.3 Å². The number of benzene rings is 3. The van der Waals surface area contributed by atoms with Crippen LogP contribution in [-0.4, -0.2) is 15.0 Å². The number of halogens is 3. The zero-order valence-corrected chi connectivity index (χ0v) is 17.9. The molecule has 0 saturated heterocycles. The molecule has 3 aromatic rings. The quantitative estimate of drug-likeness (QED) is 0.562. The fraction of sp³-hybridized carbons (Fsp3) is 0.182. The Labute approximate surface area is 183 Å². The second-order valence-electron chi connectivity index (χ2n) is 7.30. The van der Waals surface area contributed by atoms with E-state index in [4.69, 9.17) is 26.2 Å². The largest absolute Gasteiger partial charge is 0.480 e. The lowest BCUT2D eigenvalue weighted by Gasteiger charge is -2.31. The fourth-order valence-corrected chi connectivity index (χ4v) is 4.60. The number of alkyl halides is 2. The van der Waals surface area contributed by atoms with Crippen LogP contribution in [0.4, 0.5) is 8.78 Å². The Bertz CT molecular complexity index is 1260. The second kappa shape index (κ2) is 8.11. The second-order valence-corrected chi connectivity index (χ2v) is 9.35. The Kier molecular flexibility index (Phi) is 5.63. The summed E-state index contributed by atoms with van der Waals surface area (Å²) >= 11 is 6.16. The van der Waals surface area contributed by atoms with E-state index in [1.807, 2.05) is 6.07 Å². The number of hydrogen-bond donors (Lipinski definition) is 1. The highest BCUT2D eigenvalue weighted by Gasteiger charge is 2.31. The molecule has 0 saturated carbocycles. The number of fused-ring (bicyclic) bond motifs is 3. The van der Waals surface area contributed by atoms with Gasteiger partial charge in [-0.2, -0.15) is 8.78 Å². The SMILES string of the molecule is Cc1cc(OC(F)F)c2c(c1)OC(c1cccc(Cl)c1)c1cc(CS(N)(=O)=O)ccc1-2. The Balaban J connectivity index is 1.95. The van der Waals surface area contributed by atoms with Crippen molar-refractivity contribution in [2.24, 2.45) is 5.14 Å². The summed E-state index contributed by atoms with van der Waals surface area (Å²) in [6.45, 7) is -1.26. The molecule has 1 aliphatic rings. The van der Waals surface area contributed by atoms with Crippen LogP contribution in [0.15, 0.2) is 54.6 Å². The number of rotatable bonds is 5. The number of nitrogens with two attached hydrogens (primary N) is 1. The maximum absolute atomic E-state index is 13.1. The maximum atomic E-state index is 13.1.